The molecule has 0 fully saturated rings. The summed E-state index contributed by atoms with van der Waals surface area (Å²) in [6, 6.07) is 2.13. The zero-order chi connectivity index (χ0) is 11.5. The van der Waals surface area contributed by atoms with Crippen LogP contribution in [0.25, 0.3) is 0 Å². The average Bonchev–Trinajstić information content (AvgIpc) is 2.82. The van der Waals surface area contributed by atoms with E-state index in [9.17, 15) is 0 Å². The average molecular weight is 219 g/mol. The Hall–Kier alpha value is -1.78. The molecule has 0 amide bonds. The highest BCUT2D eigenvalue weighted by molar-refractivity contribution is 5.38. The van der Waals surface area contributed by atoms with Crippen LogP contribution in [0.3, 0.4) is 0 Å². The fourth-order valence-corrected chi connectivity index (χ4v) is 1.61. The molecule has 1 N–H and O–H groups in total. The standard InChI is InChI=1S/C11H17N5/c1-4-9-5-11(16(3)14-9)7-12-10-6-13-15(2)8-10/h5-6,8,12H,4,7H2,1-3H3. The number of hydrogen-bond acceptors (Lipinski definition) is 3. The van der Waals surface area contributed by atoms with Crippen molar-refractivity contribution in [2.24, 2.45) is 14.1 Å². The van der Waals surface area contributed by atoms with Crippen LogP contribution in [0.1, 0.15) is 18.3 Å². The minimum absolute atomic E-state index is 0.773. The Kier molecular flexibility index (Phi) is 2.94. The van der Waals surface area contributed by atoms with E-state index in [2.05, 4.69) is 28.5 Å². The van der Waals surface area contributed by atoms with Crippen molar-refractivity contribution in [2.45, 2.75) is 19.9 Å². The fourth-order valence-electron chi connectivity index (χ4n) is 1.61. The van der Waals surface area contributed by atoms with Crippen molar-refractivity contribution in [1.29, 1.82) is 0 Å². The van der Waals surface area contributed by atoms with Crippen molar-refractivity contribution in [3.8, 4) is 0 Å². The second-order valence-corrected chi connectivity index (χ2v) is 3.86. The van der Waals surface area contributed by atoms with Gasteiger partial charge in [0.15, 0.2) is 0 Å². The minimum atomic E-state index is 0.773. The fraction of sp³-hybridized carbons (Fsp3) is 0.455. The molecule has 0 atom stereocenters. The molecule has 2 aromatic heterocycles. The molecule has 5 nitrogen and oxygen atoms in total. The highest BCUT2D eigenvalue weighted by Crippen LogP contribution is 2.08. The quantitative estimate of drug-likeness (QED) is 0.844. The van der Waals surface area contributed by atoms with Crippen LogP contribution in [0.5, 0.6) is 0 Å². The van der Waals surface area contributed by atoms with E-state index in [1.165, 1.54) is 5.69 Å². The molecule has 0 saturated carbocycles. The van der Waals surface area contributed by atoms with Gasteiger partial charge in [-0.05, 0) is 12.5 Å². The van der Waals surface area contributed by atoms with Crippen LogP contribution in [-0.4, -0.2) is 19.6 Å². The summed E-state index contributed by atoms with van der Waals surface area (Å²) < 4.78 is 3.70. The van der Waals surface area contributed by atoms with Crippen LogP contribution in [-0.2, 0) is 27.1 Å². The van der Waals surface area contributed by atoms with Crippen LogP contribution in [0.4, 0.5) is 5.69 Å². The first-order valence-corrected chi connectivity index (χ1v) is 5.43. The molecule has 16 heavy (non-hydrogen) atoms. The van der Waals surface area contributed by atoms with E-state index >= 15 is 0 Å². The third-order valence-corrected chi connectivity index (χ3v) is 2.57. The van der Waals surface area contributed by atoms with Crippen molar-refractivity contribution in [3.05, 3.63) is 29.8 Å². The Bertz CT molecular complexity index is 468. The SMILES string of the molecule is CCc1cc(CNc2cnn(C)c2)n(C)n1. The summed E-state index contributed by atoms with van der Waals surface area (Å²) in [5.74, 6) is 0. The summed E-state index contributed by atoms with van der Waals surface area (Å²) in [4.78, 5) is 0. The van der Waals surface area contributed by atoms with Gasteiger partial charge in [-0.2, -0.15) is 10.2 Å². The zero-order valence-corrected chi connectivity index (χ0v) is 9.94. The van der Waals surface area contributed by atoms with Crippen LogP contribution in [0.15, 0.2) is 18.5 Å². The van der Waals surface area contributed by atoms with Crippen molar-refractivity contribution in [3.63, 3.8) is 0 Å². The molecule has 0 radical (unpaired) electrons. The van der Waals surface area contributed by atoms with Gasteiger partial charge in [-0.1, -0.05) is 6.92 Å². The van der Waals surface area contributed by atoms with Crippen LogP contribution in [0, 0.1) is 0 Å². The van der Waals surface area contributed by atoms with Crippen molar-refractivity contribution < 1.29 is 0 Å². The number of nitrogens with one attached hydrogen (secondary N) is 1. The van der Waals surface area contributed by atoms with Gasteiger partial charge in [0.2, 0.25) is 0 Å². The number of aryl methyl sites for hydroxylation is 3. The van der Waals surface area contributed by atoms with Gasteiger partial charge in [0.05, 0.1) is 29.8 Å². The molecule has 86 valence electrons. The Balaban J connectivity index is 2.01. The van der Waals surface area contributed by atoms with E-state index in [0.29, 0.717) is 0 Å². The van der Waals surface area contributed by atoms with Crippen molar-refractivity contribution >= 4 is 5.69 Å². The molecule has 0 spiro atoms. The van der Waals surface area contributed by atoms with E-state index in [4.69, 9.17) is 0 Å². The highest BCUT2D eigenvalue weighted by atomic mass is 15.3. The van der Waals surface area contributed by atoms with E-state index in [0.717, 1.165) is 24.3 Å². The summed E-state index contributed by atoms with van der Waals surface area (Å²) in [5, 5.41) is 11.8. The second-order valence-electron chi connectivity index (χ2n) is 3.86. The summed E-state index contributed by atoms with van der Waals surface area (Å²) in [7, 11) is 3.88. The predicted molar refractivity (Wildman–Crippen MR) is 63.1 cm³/mol. The number of aromatic nitrogens is 4. The molecule has 5 heteroatoms. The molecular formula is C11H17N5. The largest absolute Gasteiger partial charge is 0.377 e. The van der Waals surface area contributed by atoms with Gasteiger partial charge in [-0.3, -0.25) is 9.36 Å². The summed E-state index contributed by atoms with van der Waals surface area (Å²) in [6.45, 7) is 2.88. The van der Waals surface area contributed by atoms with Crippen LogP contribution < -0.4 is 5.32 Å². The highest BCUT2D eigenvalue weighted by Gasteiger charge is 2.03. The number of rotatable bonds is 4. The first-order valence-electron chi connectivity index (χ1n) is 5.43. The maximum Gasteiger partial charge on any atom is 0.0729 e. The van der Waals surface area contributed by atoms with Gasteiger partial charge in [-0.15, -0.1) is 0 Å². The normalized spacial score (nSPS) is 10.7. The topological polar surface area (TPSA) is 47.7 Å². The van der Waals surface area contributed by atoms with Gasteiger partial charge in [0.1, 0.15) is 0 Å². The van der Waals surface area contributed by atoms with Gasteiger partial charge < -0.3 is 5.32 Å². The molecule has 2 rings (SSSR count). The van der Waals surface area contributed by atoms with E-state index in [1.54, 1.807) is 4.68 Å². The smallest absolute Gasteiger partial charge is 0.0729 e. The van der Waals surface area contributed by atoms with E-state index in [-0.39, 0.29) is 0 Å². The molecule has 0 aliphatic rings. The number of anilines is 1. The molecule has 0 aliphatic carbocycles. The molecule has 2 heterocycles. The number of nitrogens with zero attached hydrogens (tertiary/aromatic N) is 4. The second kappa shape index (κ2) is 4.38. The Morgan fingerprint density at radius 3 is 2.75 bits per heavy atom. The van der Waals surface area contributed by atoms with Crippen molar-refractivity contribution in [2.75, 3.05) is 5.32 Å². The third-order valence-electron chi connectivity index (χ3n) is 2.57. The molecule has 2 aromatic rings. The van der Waals surface area contributed by atoms with Crippen LogP contribution >= 0.6 is 0 Å². The summed E-state index contributed by atoms with van der Waals surface area (Å²) in [5.41, 5.74) is 3.34. The first kappa shape index (κ1) is 10.7. The predicted octanol–water partition coefficient (Wildman–Crippen LogP) is 1.33. The first-order chi connectivity index (χ1) is 7.69. The molecular weight excluding hydrogens is 202 g/mol. The molecule has 0 aliphatic heterocycles. The molecule has 0 unspecified atom stereocenters. The zero-order valence-electron chi connectivity index (χ0n) is 9.94. The minimum Gasteiger partial charge on any atom is -0.377 e. The maximum atomic E-state index is 4.40. The lowest BCUT2D eigenvalue weighted by molar-refractivity contribution is 0.707. The maximum absolute atomic E-state index is 4.40. The lowest BCUT2D eigenvalue weighted by Crippen LogP contribution is -2.04. The summed E-state index contributed by atoms with van der Waals surface area (Å²) in [6.07, 6.45) is 4.74. The third kappa shape index (κ3) is 2.24. The van der Waals surface area contributed by atoms with Gasteiger partial charge >= 0.3 is 0 Å². The van der Waals surface area contributed by atoms with Gasteiger partial charge in [-0.25, -0.2) is 0 Å². The van der Waals surface area contributed by atoms with Gasteiger partial charge in [0, 0.05) is 20.3 Å². The lowest BCUT2D eigenvalue weighted by atomic mass is 10.3. The summed E-state index contributed by atoms with van der Waals surface area (Å²) >= 11 is 0. The van der Waals surface area contributed by atoms with E-state index in [1.807, 2.05) is 31.2 Å². The molecule has 0 bridgehead atoms. The van der Waals surface area contributed by atoms with Gasteiger partial charge in [0.25, 0.3) is 0 Å². The van der Waals surface area contributed by atoms with Crippen LogP contribution in [0.2, 0.25) is 0 Å². The molecule has 0 saturated heterocycles. The van der Waals surface area contributed by atoms with E-state index < -0.39 is 0 Å². The Morgan fingerprint density at radius 1 is 1.38 bits per heavy atom. The Labute approximate surface area is 95.1 Å². The lowest BCUT2D eigenvalue weighted by Gasteiger charge is -2.03. The Morgan fingerprint density at radius 2 is 2.19 bits per heavy atom. The monoisotopic (exact) mass is 219 g/mol. The number of hydrogen-bond donors (Lipinski definition) is 1. The molecule has 0 aromatic carbocycles. The van der Waals surface area contributed by atoms with Crippen molar-refractivity contribution in [1.82, 2.24) is 19.6 Å².